The number of carbonyl (C=O) groups is 1. The first-order valence-corrected chi connectivity index (χ1v) is 7.24. The van der Waals surface area contributed by atoms with E-state index in [1.54, 1.807) is 5.38 Å². The number of amides is 1. The third-order valence-corrected chi connectivity index (χ3v) is 3.40. The molecule has 0 spiro atoms. The summed E-state index contributed by atoms with van der Waals surface area (Å²) in [5.41, 5.74) is 13.2. The molecule has 0 saturated heterocycles. The Morgan fingerprint density at radius 1 is 1.35 bits per heavy atom. The van der Waals surface area contributed by atoms with Gasteiger partial charge >= 0.3 is 0 Å². The van der Waals surface area contributed by atoms with E-state index in [0.29, 0.717) is 17.2 Å². The number of carbonyl (C=O) groups excluding carboxylic acids is 1. The number of aliphatic imine (C=N–C) groups is 1. The van der Waals surface area contributed by atoms with Crippen molar-refractivity contribution in [3.63, 3.8) is 0 Å². The number of benzene rings is 1. The fraction of sp³-hybridized carbons (Fsp3) is 0.143. The third-order valence-electron chi connectivity index (χ3n) is 2.62. The Morgan fingerprint density at radius 3 is 2.65 bits per heavy atom. The van der Waals surface area contributed by atoms with Gasteiger partial charge in [-0.1, -0.05) is 12.1 Å². The highest BCUT2D eigenvalue weighted by Crippen LogP contribution is 2.19. The van der Waals surface area contributed by atoms with Crippen LogP contribution >= 0.6 is 23.7 Å². The van der Waals surface area contributed by atoms with E-state index in [-0.39, 0.29) is 24.8 Å². The van der Waals surface area contributed by atoms with Crippen LogP contribution in [0.4, 0.5) is 10.8 Å². The van der Waals surface area contributed by atoms with Crippen molar-refractivity contribution in [3.05, 3.63) is 40.9 Å². The fourth-order valence-corrected chi connectivity index (χ4v) is 2.38. The maximum Gasteiger partial charge on any atom is 0.223 e. The number of thiazole rings is 1. The van der Waals surface area contributed by atoms with Gasteiger partial charge in [-0.15, -0.1) is 23.7 Å². The summed E-state index contributed by atoms with van der Waals surface area (Å²) < 4.78 is 0. The topological polar surface area (TPSA) is 130 Å². The van der Waals surface area contributed by atoms with E-state index in [9.17, 15) is 4.79 Å². The van der Waals surface area contributed by atoms with E-state index in [2.05, 4.69) is 21.4 Å². The van der Waals surface area contributed by atoms with Crippen molar-refractivity contribution < 1.29 is 4.79 Å². The molecule has 2 rings (SSSR count). The molecule has 120 valence electrons. The maximum atomic E-state index is 10.8. The van der Waals surface area contributed by atoms with E-state index < -0.39 is 5.91 Å². The summed E-state index contributed by atoms with van der Waals surface area (Å²) in [6, 6.07) is 9.39. The first kappa shape index (κ1) is 18.4. The third kappa shape index (κ3) is 5.94. The molecule has 0 aliphatic heterocycles. The van der Waals surface area contributed by atoms with Gasteiger partial charge in [-0.25, -0.2) is 4.98 Å². The molecular weight excluding hydrogens is 336 g/mol. The van der Waals surface area contributed by atoms with E-state index in [1.807, 2.05) is 24.3 Å². The lowest BCUT2D eigenvalue weighted by Gasteiger charge is -2.05. The first-order chi connectivity index (χ1) is 10.6. The van der Waals surface area contributed by atoms with Gasteiger partial charge in [0.25, 0.3) is 0 Å². The lowest BCUT2D eigenvalue weighted by molar-refractivity contribution is -0.117. The Kier molecular flexibility index (Phi) is 6.99. The maximum absolute atomic E-state index is 10.8. The number of nitrogens with two attached hydrogens (primary N) is 2. The summed E-state index contributed by atoms with van der Waals surface area (Å²) in [5.74, 6) is -0.252. The lowest BCUT2D eigenvalue weighted by Crippen LogP contribution is -2.21. The van der Waals surface area contributed by atoms with Crippen LogP contribution < -0.4 is 16.8 Å². The molecule has 0 aliphatic rings. The number of nitrogens with zero attached hydrogens (tertiary/aromatic N) is 3. The van der Waals surface area contributed by atoms with Crippen molar-refractivity contribution in [2.45, 2.75) is 12.8 Å². The van der Waals surface area contributed by atoms with Crippen LogP contribution in [0.15, 0.2) is 34.6 Å². The zero-order chi connectivity index (χ0) is 15.9. The number of aromatic nitrogens is 1. The molecule has 0 saturated carbocycles. The zero-order valence-electron chi connectivity index (χ0n) is 12.0. The van der Waals surface area contributed by atoms with Crippen molar-refractivity contribution in [2.24, 2.45) is 16.5 Å². The molecule has 1 amide bonds. The van der Waals surface area contributed by atoms with Gasteiger partial charge in [0.15, 0.2) is 0 Å². The number of anilines is 1. The minimum atomic E-state index is -0.440. The second-order valence-electron chi connectivity index (χ2n) is 4.42. The summed E-state index contributed by atoms with van der Waals surface area (Å²) in [6.07, 6.45) is 0.450. The molecule has 1 aromatic heterocycles. The lowest BCUT2D eigenvalue weighted by atomic mass is 10.1. The fourth-order valence-electron chi connectivity index (χ4n) is 1.68. The highest BCUT2D eigenvalue weighted by molar-refractivity contribution is 7.13. The molecule has 5 N–H and O–H groups in total. The Bertz CT molecular complexity index is 734. The standard InChI is InChI=1S/C14H14N6OS.ClH/c15-6-5-9-1-3-10(4-2-9)18-13(17)20-14-19-11(8-22-14)7-12(16)21;/h1-4,8H,5,7H2,(H2,16,21)(H3,17,18,19,20);1H. The van der Waals surface area contributed by atoms with Crippen LogP contribution in [0, 0.1) is 11.3 Å². The summed E-state index contributed by atoms with van der Waals surface area (Å²) in [5, 5.41) is 13.7. The average Bonchev–Trinajstić information content (AvgIpc) is 2.87. The highest BCUT2D eigenvalue weighted by atomic mass is 35.5. The van der Waals surface area contributed by atoms with Crippen LogP contribution in [0.2, 0.25) is 0 Å². The molecule has 7 nitrogen and oxygen atoms in total. The van der Waals surface area contributed by atoms with E-state index in [1.165, 1.54) is 11.3 Å². The summed E-state index contributed by atoms with van der Waals surface area (Å²) in [4.78, 5) is 19.1. The van der Waals surface area contributed by atoms with Crippen molar-refractivity contribution >= 4 is 46.4 Å². The monoisotopic (exact) mass is 350 g/mol. The molecule has 1 aromatic carbocycles. The van der Waals surface area contributed by atoms with Crippen LogP contribution in [0.5, 0.6) is 0 Å². The summed E-state index contributed by atoms with van der Waals surface area (Å²) >= 11 is 1.28. The molecule has 0 radical (unpaired) electrons. The van der Waals surface area contributed by atoms with Crippen LogP contribution in [0.1, 0.15) is 11.3 Å². The van der Waals surface area contributed by atoms with Gasteiger partial charge < -0.3 is 16.8 Å². The largest absolute Gasteiger partial charge is 0.369 e. The van der Waals surface area contributed by atoms with Crippen molar-refractivity contribution in [1.82, 2.24) is 4.98 Å². The number of hydrogen-bond acceptors (Lipinski definition) is 5. The highest BCUT2D eigenvalue weighted by Gasteiger charge is 2.05. The van der Waals surface area contributed by atoms with E-state index in [0.717, 1.165) is 11.3 Å². The quantitative estimate of drug-likeness (QED) is 0.558. The van der Waals surface area contributed by atoms with Crippen molar-refractivity contribution in [3.8, 4) is 6.07 Å². The number of halogens is 1. The van der Waals surface area contributed by atoms with E-state index >= 15 is 0 Å². The molecule has 0 aliphatic carbocycles. The van der Waals surface area contributed by atoms with Gasteiger partial charge in [0.05, 0.1) is 24.6 Å². The Morgan fingerprint density at radius 2 is 2.04 bits per heavy atom. The predicted molar refractivity (Wildman–Crippen MR) is 92.9 cm³/mol. The average molecular weight is 351 g/mol. The van der Waals surface area contributed by atoms with E-state index in [4.69, 9.17) is 16.7 Å². The molecule has 23 heavy (non-hydrogen) atoms. The molecule has 1 heterocycles. The van der Waals surface area contributed by atoms with Crippen molar-refractivity contribution in [1.29, 1.82) is 5.26 Å². The molecule has 0 fully saturated rings. The second-order valence-corrected chi connectivity index (χ2v) is 5.25. The Balaban J connectivity index is 0.00000264. The molecule has 0 bridgehead atoms. The van der Waals surface area contributed by atoms with Crippen molar-refractivity contribution in [2.75, 3.05) is 5.32 Å². The minimum Gasteiger partial charge on any atom is -0.369 e. The molecule has 0 atom stereocenters. The van der Waals surface area contributed by atoms with Crippen LogP contribution in [-0.2, 0) is 17.6 Å². The minimum absolute atomic E-state index is 0. The summed E-state index contributed by atoms with van der Waals surface area (Å²) in [7, 11) is 0. The smallest absolute Gasteiger partial charge is 0.223 e. The SMILES string of the molecule is Cl.N#CCc1ccc(N/C(N)=N/c2nc(CC(N)=O)cs2)cc1. The van der Waals surface area contributed by atoms with Gasteiger partial charge in [-0.2, -0.15) is 10.3 Å². The van der Waals surface area contributed by atoms with Gasteiger partial charge in [0.1, 0.15) is 0 Å². The van der Waals surface area contributed by atoms with Gasteiger partial charge in [-0.3, -0.25) is 4.79 Å². The zero-order valence-corrected chi connectivity index (χ0v) is 13.7. The van der Waals surface area contributed by atoms with Gasteiger partial charge in [0.2, 0.25) is 17.0 Å². The van der Waals surface area contributed by atoms with Crippen LogP contribution in [0.3, 0.4) is 0 Å². The molecule has 0 unspecified atom stereocenters. The Hall–Kier alpha value is -2.63. The van der Waals surface area contributed by atoms with Gasteiger partial charge in [0, 0.05) is 11.1 Å². The second kappa shape index (κ2) is 8.73. The number of hydrogen-bond donors (Lipinski definition) is 3. The molecular formula is C14H15ClN6OS. The van der Waals surface area contributed by atoms with Crippen LogP contribution in [0.25, 0.3) is 0 Å². The number of rotatable bonds is 5. The predicted octanol–water partition coefficient (Wildman–Crippen LogP) is 1.72. The number of guanidine groups is 1. The number of nitriles is 1. The molecule has 2 aromatic rings. The number of primary amides is 1. The first-order valence-electron chi connectivity index (χ1n) is 6.36. The Labute approximate surface area is 143 Å². The van der Waals surface area contributed by atoms with Gasteiger partial charge in [-0.05, 0) is 17.7 Å². The summed E-state index contributed by atoms with van der Waals surface area (Å²) in [6.45, 7) is 0. The number of nitrogens with one attached hydrogen (secondary N) is 1. The van der Waals surface area contributed by atoms with Crippen LogP contribution in [-0.4, -0.2) is 16.9 Å². The normalized spacial score (nSPS) is 10.5. The molecule has 9 heteroatoms.